The van der Waals surface area contributed by atoms with Crippen molar-refractivity contribution in [1.29, 1.82) is 0 Å². The van der Waals surface area contributed by atoms with Crippen LogP contribution in [0.2, 0.25) is 0 Å². The Bertz CT molecular complexity index is 1330. The molecule has 7 nitrogen and oxygen atoms in total. The number of thioether (sulfide) groups is 2. The van der Waals surface area contributed by atoms with Crippen molar-refractivity contribution in [2.75, 3.05) is 18.4 Å². The van der Waals surface area contributed by atoms with Gasteiger partial charge in [0.2, 0.25) is 0 Å². The van der Waals surface area contributed by atoms with Crippen molar-refractivity contribution in [3.63, 3.8) is 0 Å². The van der Waals surface area contributed by atoms with Gasteiger partial charge in [-0.15, -0.1) is 0 Å². The number of carbonyl (C=O) groups excluding carboxylic acids is 2. The van der Waals surface area contributed by atoms with Crippen molar-refractivity contribution in [3.05, 3.63) is 65.0 Å². The zero-order valence-electron chi connectivity index (χ0n) is 18.9. The Hall–Kier alpha value is -2.96. The number of likely N-dealkylation sites (tertiary alicyclic amines) is 1. The summed E-state index contributed by atoms with van der Waals surface area (Å²) < 4.78 is 40.0. The van der Waals surface area contributed by atoms with E-state index in [1.54, 1.807) is 24.3 Å². The summed E-state index contributed by atoms with van der Waals surface area (Å²) in [6.07, 6.45) is 7.16. The van der Waals surface area contributed by atoms with Crippen LogP contribution in [0.4, 0.5) is 23.7 Å². The van der Waals surface area contributed by atoms with E-state index in [2.05, 4.69) is 20.5 Å². The van der Waals surface area contributed by atoms with Gasteiger partial charge in [-0.2, -0.15) is 13.2 Å². The number of alkyl halides is 3. The van der Waals surface area contributed by atoms with Gasteiger partial charge in [0.1, 0.15) is 5.65 Å². The number of piperidine rings is 1. The van der Waals surface area contributed by atoms with Crippen LogP contribution in [0.1, 0.15) is 24.1 Å². The molecule has 2 aliphatic heterocycles. The summed E-state index contributed by atoms with van der Waals surface area (Å²) in [6, 6.07) is 10.3. The molecule has 0 atom stereocenters. The number of nitrogens with one attached hydrogen (secondary N) is 2. The number of amides is 2. The molecular formula is C24H22F3N5O2S2. The van der Waals surface area contributed by atoms with Crippen LogP contribution in [-0.4, -0.2) is 50.1 Å². The van der Waals surface area contributed by atoms with Gasteiger partial charge >= 0.3 is 5.51 Å². The number of carbonyl (C=O) groups is 2. The Balaban J connectivity index is 1.20. The number of pyridine rings is 1. The number of imide groups is 1. The minimum Gasteiger partial charge on any atom is -0.382 e. The highest BCUT2D eigenvalue weighted by atomic mass is 32.2. The second kappa shape index (κ2) is 10.2. The average Bonchev–Trinajstić information content (AvgIpc) is 3.35. The second-order valence-electron chi connectivity index (χ2n) is 8.56. The Morgan fingerprint density at radius 1 is 1.19 bits per heavy atom. The largest absolute Gasteiger partial charge is 0.446 e. The molecule has 0 radical (unpaired) electrons. The molecule has 2 saturated heterocycles. The Kier molecular flexibility index (Phi) is 7.00. The van der Waals surface area contributed by atoms with Gasteiger partial charge in [-0.3, -0.25) is 19.8 Å². The maximum atomic E-state index is 12.7. The molecule has 3 aromatic rings. The highest BCUT2D eigenvalue weighted by Gasteiger charge is 2.29. The maximum absolute atomic E-state index is 12.7. The topological polar surface area (TPSA) is 78.7 Å². The van der Waals surface area contributed by atoms with Crippen LogP contribution in [0.15, 0.2) is 58.6 Å². The van der Waals surface area contributed by atoms with Gasteiger partial charge in [0.05, 0.1) is 16.8 Å². The zero-order chi connectivity index (χ0) is 25.3. The molecule has 2 amide bonds. The fourth-order valence-corrected chi connectivity index (χ4v) is 5.59. The minimum absolute atomic E-state index is 0.106. The molecule has 0 bridgehead atoms. The van der Waals surface area contributed by atoms with Crippen LogP contribution in [0.3, 0.4) is 0 Å². The number of fused-ring (bicyclic) bond motifs is 1. The van der Waals surface area contributed by atoms with Gasteiger partial charge in [0, 0.05) is 42.5 Å². The summed E-state index contributed by atoms with van der Waals surface area (Å²) in [7, 11) is 0. The first-order chi connectivity index (χ1) is 17.2. The third kappa shape index (κ3) is 6.05. The lowest BCUT2D eigenvalue weighted by atomic mass is 10.0. The molecule has 0 aliphatic carbocycles. The third-order valence-electron chi connectivity index (χ3n) is 5.96. The summed E-state index contributed by atoms with van der Waals surface area (Å²) in [4.78, 5) is 30.6. The number of halogens is 3. The van der Waals surface area contributed by atoms with E-state index in [0.717, 1.165) is 54.6 Å². The number of hydrogen-bond acceptors (Lipinski definition) is 7. The van der Waals surface area contributed by atoms with Gasteiger partial charge in [-0.05, 0) is 78.3 Å². The van der Waals surface area contributed by atoms with Crippen molar-refractivity contribution in [2.24, 2.45) is 0 Å². The Morgan fingerprint density at radius 3 is 2.72 bits per heavy atom. The van der Waals surface area contributed by atoms with Crippen LogP contribution in [0.5, 0.6) is 0 Å². The summed E-state index contributed by atoms with van der Waals surface area (Å²) in [5.74, 6) is -0.390. The first-order valence-electron chi connectivity index (χ1n) is 11.3. The van der Waals surface area contributed by atoms with E-state index in [-0.39, 0.29) is 27.9 Å². The molecule has 0 unspecified atom stereocenters. The Morgan fingerprint density at radius 2 is 2.00 bits per heavy atom. The van der Waals surface area contributed by atoms with Gasteiger partial charge in [0.25, 0.3) is 11.1 Å². The van der Waals surface area contributed by atoms with Crippen LogP contribution in [-0.2, 0) is 11.3 Å². The number of imidazole rings is 1. The predicted molar refractivity (Wildman–Crippen MR) is 135 cm³/mol. The first kappa shape index (κ1) is 24.7. The van der Waals surface area contributed by atoms with E-state index in [1.165, 1.54) is 6.07 Å². The van der Waals surface area contributed by atoms with Crippen molar-refractivity contribution in [1.82, 2.24) is 19.6 Å². The average molecular weight is 534 g/mol. The lowest BCUT2D eigenvalue weighted by Gasteiger charge is -2.32. The molecule has 2 N–H and O–H groups in total. The summed E-state index contributed by atoms with van der Waals surface area (Å²) in [5, 5.41) is 5.26. The number of benzene rings is 1. The van der Waals surface area contributed by atoms with E-state index in [1.807, 2.05) is 28.9 Å². The van der Waals surface area contributed by atoms with Crippen molar-refractivity contribution < 1.29 is 22.8 Å². The lowest BCUT2D eigenvalue weighted by molar-refractivity contribution is -0.115. The predicted octanol–water partition coefficient (Wildman–Crippen LogP) is 5.35. The quantitative estimate of drug-likeness (QED) is 0.327. The fraction of sp³-hybridized carbons (Fsp3) is 0.292. The van der Waals surface area contributed by atoms with E-state index in [9.17, 15) is 22.8 Å². The summed E-state index contributed by atoms with van der Waals surface area (Å²) in [5.41, 5.74) is -1.01. The number of nitrogens with zero attached hydrogens (tertiary/aromatic N) is 3. The van der Waals surface area contributed by atoms with Crippen molar-refractivity contribution in [3.8, 4) is 0 Å². The SMILES string of the molecule is O=C1NC(=O)/C(=C/c2ccc3ncc(CN4CCC(Nc5cccc(SC(F)(F)F)c5)CC4)n3c2)S1. The molecular weight excluding hydrogens is 511 g/mol. The molecule has 188 valence electrons. The second-order valence-corrected chi connectivity index (χ2v) is 10.7. The maximum Gasteiger partial charge on any atom is 0.446 e. The van der Waals surface area contributed by atoms with Crippen LogP contribution in [0, 0.1) is 0 Å². The number of rotatable bonds is 6. The monoisotopic (exact) mass is 533 g/mol. The third-order valence-corrected chi connectivity index (χ3v) is 7.49. The molecule has 0 saturated carbocycles. The molecule has 5 rings (SSSR count). The highest BCUT2D eigenvalue weighted by molar-refractivity contribution is 8.18. The molecule has 2 aromatic heterocycles. The van der Waals surface area contributed by atoms with Crippen LogP contribution < -0.4 is 10.6 Å². The van der Waals surface area contributed by atoms with E-state index < -0.39 is 11.4 Å². The standard InChI is InChI=1S/C24H22F3N5O2S2/c25-24(26,27)36-19-3-1-2-17(11-19)29-16-6-8-31(9-7-16)14-18-12-28-21-5-4-15(13-32(18)21)10-20-22(33)30-23(34)35-20/h1-5,10-13,16,29H,6-9,14H2,(H,30,33,34)/b20-10-. The summed E-state index contributed by atoms with van der Waals surface area (Å²) >= 11 is 0.778. The molecule has 12 heteroatoms. The minimum atomic E-state index is -4.30. The summed E-state index contributed by atoms with van der Waals surface area (Å²) in [6.45, 7) is 2.37. The number of hydrogen-bond donors (Lipinski definition) is 2. The first-order valence-corrected chi connectivity index (χ1v) is 12.9. The molecule has 4 heterocycles. The molecule has 1 aromatic carbocycles. The molecule has 2 fully saturated rings. The van der Waals surface area contributed by atoms with Gasteiger partial charge in [-0.1, -0.05) is 6.07 Å². The molecule has 2 aliphatic rings. The van der Waals surface area contributed by atoms with Crippen LogP contribution in [0.25, 0.3) is 11.7 Å². The molecule has 36 heavy (non-hydrogen) atoms. The number of aromatic nitrogens is 2. The highest BCUT2D eigenvalue weighted by Crippen LogP contribution is 2.37. The van der Waals surface area contributed by atoms with Gasteiger partial charge in [-0.25, -0.2) is 4.98 Å². The smallest absolute Gasteiger partial charge is 0.382 e. The van der Waals surface area contributed by atoms with Crippen molar-refractivity contribution >= 4 is 52.1 Å². The van der Waals surface area contributed by atoms with Crippen molar-refractivity contribution in [2.45, 2.75) is 35.8 Å². The van der Waals surface area contributed by atoms with Gasteiger partial charge in [0.15, 0.2) is 0 Å². The zero-order valence-corrected chi connectivity index (χ0v) is 20.6. The lowest BCUT2D eigenvalue weighted by Crippen LogP contribution is -2.38. The molecule has 0 spiro atoms. The normalized spacial score (nSPS) is 18.8. The van der Waals surface area contributed by atoms with Crippen LogP contribution >= 0.6 is 23.5 Å². The van der Waals surface area contributed by atoms with Gasteiger partial charge < -0.3 is 9.72 Å². The van der Waals surface area contributed by atoms with E-state index in [4.69, 9.17) is 0 Å². The van der Waals surface area contributed by atoms with E-state index >= 15 is 0 Å². The fourth-order valence-electron chi connectivity index (χ4n) is 4.31. The van der Waals surface area contributed by atoms with E-state index in [0.29, 0.717) is 17.1 Å². The Labute approximate surface area is 213 Å². The number of anilines is 1.